The van der Waals surface area contributed by atoms with Crippen LogP contribution in [0.4, 0.5) is 5.69 Å². The van der Waals surface area contributed by atoms with Crippen LogP contribution < -0.4 is 16.4 Å². The molecule has 1 aliphatic rings. The Balaban J connectivity index is 0.00000288. The van der Waals surface area contributed by atoms with Crippen molar-refractivity contribution >= 4 is 29.9 Å². The fourth-order valence-electron chi connectivity index (χ4n) is 2.76. The molecule has 2 atom stereocenters. The molecule has 1 aromatic rings. The van der Waals surface area contributed by atoms with Gasteiger partial charge < -0.3 is 16.4 Å². The second kappa shape index (κ2) is 7.88. The number of nitrogen functional groups attached to an aromatic ring is 1. The quantitative estimate of drug-likeness (QED) is 0.730. The lowest BCUT2D eigenvalue weighted by Crippen LogP contribution is -2.49. The number of amides is 2. The maximum absolute atomic E-state index is 12.4. The van der Waals surface area contributed by atoms with E-state index in [0.717, 1.165) is 30.5 Å². The number of carbonyl (C=O) groups excluding carboxylic acids is 2. The van der Waals surface area contributed by atoms with Gasteiger partial charge in [0.15, 0.2) is 0 Å². The SMILES string of the molecule is CC(NC(=O)C(C)(C)C)C(=O)NC1CCCc2cc(N)ccc21.Cl. The van der Waals surface area contributed by atoms with Gasteiger partial charge in [0, 0.05) is 11.1 Å². The van der Waals surface area contributed by atoms with Crippen LogP contribution in [0.5, 0.6) is 0 Å². The van der Waals surface area contributed by atoms with E-state index in [1.807, 2.05) is 39.0 Å². The fourth-order valence-corrected chi connectivity index (χ4v) is 2.76. The molecule has 0 spiro atoms. The van der Waals surface area contributed by atoms with Crippen LogP contribution in [0.1, 0.15) is 57.7 Å². The molecule has 0 heterocycles. The zero-order chi connectivity index (χ0) is 17.2. The van der Waals surface area contributed by atoms with Crippen LogP contribution in [-0.4, -0.2) is 17.9 Å². The van der Waals surface area contributed by atoms with Gasteiger partial charge in [-0.15, -0.1) is 12.4 Å². The van der Waals surface area contributed by atoms with Gasteiger partial charge in [-0.2, -0.15) is 0 Å². The molecule has 1 aliphatic carbocycles. The molecule has 6 heteroatoms. The summed E-state index contributed by atoms with van der Waals surface area (Å²) in [6.07, 6.45) is 2.91. The minimum atomic E-state index is -0.555. The van der Waals surface area contributed by atoms with Crippen LogP contribution in [-0.2, 0) is 16.0 Å². The maximum Gasteiger partial charge on any atom is 0.242 e. The van der Waals surface area contributed by atoms with Crippen LogP contribution in [0.2, 0.25) is 0 Å². The Bertz CT molecular complexity index is 611. The molecule has 134 valence electrons. The second-order valence-electron chi connectivity index (χ2n) is 7.36. The Labute approximate surface area is 150 Å². The largest absolute Gasteiger partial charge is 0.399 e. The van der Waals surface area contributed by atoms with Crippen molar-refractivity contribution in [2.75, 3.05) is 5.73 Å². The summed E-state index contributed by atoms with van der Waals surface area (Å²) >= 11 is 0. The van der Waals surface area contributed by atoms with Gasteiger partial charge in [-0.3, -0.25) is 9.59 Å². The first-order valence-corrected chi connectivity index (χ1v) is 8.18. The number of benzene rings is 1. The molecule has 0 fully saturated rings. The zero-order valence-corrected chi connectivity index (χ0v) is 15.6. The van der Waals surface area contributed by atoms with E-state index in [0.29, 0.717) is 0 Å². The van der Waals surface area contributed by atoms with Crippen molar-refractivity contribution in [1.82, 2.24) is 10.6 Å². The van der Waals surface area contributed by atoms with Gasteiger partial charge in [-0.25, -0.2) is 0 Å². The monoisotopic (exact) mass is 353 g/mol. The number of nitrogens with one attached hydrogen (secondary N) is 2. The van der Waals surface area contributed by atoms with Crippen molar-refractivity contribution in [3.8, 4) is 0 Å². The molecule has 0 bridgehead atoms. The topological polar surface area (TPSA) is 84.2 Å². The fraction of sp³-hybridized carbons (Fsp3) is 0.556. The van der Waals surface area contributed by atoms with Gasteiger partial charge in [-0.05, 0) is 49.4 Å². The molecule has 0 saturated heterocycles. The molecule has 2 rings (SSSR count). The number of aryl methyl sites for hydroxylation is 1. The van der Waals surface area contributed by atoms with Crippen molar-refractivity contribution in [3.05, 3.63) is 29.3 Å². The van der Waals surface area contributed by atoms with Crippen LogP contribution in [0.15, 0.2) is 18.2 Å². The van der Waals surface area contributed by atoms with Gasteiger partial charge in [0.2, 0.25) is 11.8 Å². The highest BCUT2D eigenvalue weighted by Gasteiger charge is 2.27. The van der Waals surface area contributed by atoms with Crippen molar-refractivity contribution in [3.63, 3.8) is 0 Å². The van der Waals surface area contributed by atoms with Crippen LogP contribution in [0, 0.1) is 5.41 Å². The van der Waals surface area contributed by atoms with E-state index < -0.39 is 11.5 Å². The number of nitrogens with two attached hydrogens (primary N) is 1. The van der Waals surface area contributed by atoms with Gasteiger partial charge in [0.25, 0.3) is 0 Å². The third-order valence-electron chi connectivity index (χ3n) is 4.22. The molecule has 4 N–H and O–H groups in total. The summed E-state index contributed by atoms with van der Waals surface area (Å²) in [5.41, 5.74) is 8.41. The average molecular weight is 354 g/mol. The Morgan fingerprint density at radius 3 is 2.58 bits per heavy atom. The lowest BCUT2D eigenvalue weighted by atomic mass is 9.87. The molecule has 0 radical (unpaired) electrons. The minimum Gasteiger partial charge on any atom is -0.399 e. The molecule has 0 saturated carbocycles. The number of rotatable bonds is 3. The molecule has 5 nitrogen and oxygen atoms in total. The molecule has 2 unspecified atom stereocenters. The summed E-state index contributed by atoms with van der Waals surface area (Å²) in [5.74, 6) is -0.283. The minimum absolute atomic E-state index is 0. The highest BCUT2D eigenvalue weighted by Crippen LogP contribution is 2.31. The molecule has 0 aromatic heterocycles. The van der Waals surface area contributed by atoms with Crippen molar-refractivity contribution in [1.29, 1.82) is 0 Å². The highest BCUT2D eigenvalue weighted by atomic mass is 35.5. The molecular formula is C18H28ClN3O2. The van der Waals surface area contributed by atoms with Crippen LogP contribution in [0.25, 0.3) is 0 Å². The summed E-state index contributed by atoms with van der Waals surface area (Å²) in [5, 5.41) is 5.83. The number of anilines is 1. The summed E-state index contributed by atoms with van der Waals surface area (Å²) in [6.45, 7) is 7.20. The average Bonchev–Trinajstić information content (AvgIpc) is 2.45. The third-order valence-corrected chi connectivity index (χ3v) is 4.22. The second-order valence-corrected chi connectivity index (χ2v) is 7.36. The molecule has 1 aromatic carbocycles. The van der Waals surface area contributed by atoms with Gasteiger partial charge in [-0.1, -0.05) is 26.8 Å². The number of hydrogen-bond donors (Lipinski definition) is 3. The first-order chi connectivity index (χ1) is 10.7. The van der Waals surface area contributed by atoms with Gasteiger partial charge in [0.1, 0.15) is 6.04 Å². The highest BCUT2D eigenvalue weighted by molar-refractivity contribution is 5.89. The van der Waals surface area contributed by atoms with E-state index in [4.69, 9.17) is 5.73 Å². The predicted octanol–water partition coefficient (Wildman–Crippen LogP) is 2.73. The van der Waals surface area contributed by atoms with Crippen molar-refractivity contribution in [2.24, 2.45) is 5.41 Å². The molecule has 2 amide bonds. The van der Waals surface area contributed by atoms with Gasteiger partial charge in [0.05, 0.1) is 6.04 Å². The van der Waals surface area contributed by atoms with Crippen molar-refractivity contribution < 1.29 is 9.59 Å². The van der Waals surface area contributed by atoms with E-state index >= 15 is 0 Å². The standard InChI is InChI=1S/C18H27N3O2.ClH/c1-11(20-17(23)18(2,3)4)16(22)21-15-7-5-6-12-10-13(19)8-9-14(12)15;/h8-11,15H,5-7,19H2,1-4H3,(H,20,23)(H,21,22);1H. The number of halogens is 1. The summed E-state index contributed by atoms with van der Waals surface area (Å²) < 4.78 is 0. The van der Waals surface area contributed by atoms with Crippen LogP contribution in [0.3, 0.4) is 0 Å². The summed E-state index contributed by atoms with van der Waals surface area (Å²) in [6, 6.07) is 5.28. The Kier molecular flexibility index (Phi) is 6.67. The van der Waals surface area contributed by atoms with Gasteiger partial charge >= 0.3 is 0 Å². The summed E-state index contributed by atoms with van der Waals surface area (Å²) in [7, 11) is 0. The zero-order valence-electron chi connectivity index (χ0n) is 14.8. The number of carbonyl (C=O) groups is 2. The lowest BCUT2D eigenvalue weighted by Gasteiger charge is -2.28. The molecule has 0 aliphatic heterocycles. The smallest absolute Gasteiger partial charge is 0.242 e. The number of fused-ring (bicyclic) bond motifs is 1. The van der Waals surface area contributed by atoms with Crippen molar-refractivity contribution in [2.45, 2.75) is 59.0 Å². The Hall–Kier alpha value is -1.75. The van der Waals surface area contributed by atoms with E-state index in [1.165, 1.54) is 5.56 Å². The first kappa shape index (κ1) is 20.3. The Morgan fingerprint density at radius 2 is 1.96 bits per heavy atom. The van der Waals surface area contributed by atoms with Crippen LogP contribution >= 0.6 is 12.4 Å². The maximum atomic E-state index is 12.4. The molecular weight excluding hydrogens is 326 g/mol. The van der Waals surface area contributed by atoms with E-state index in [9.17, 15) is 9.59 Å². The van der Waals surface area contributed by atoms with E-state index in [-0.39, 0.29) is 30.3 Å². The van der Waals surface area contributed by atoms with E-state index in [2.05, 4.69) is 10.6 Å². The first-order valence-electron chi connectivity index (χ1n) is 8.18. The number of hydrogen-bond acceptors (Lipinski definition) is 3. The third kappa shape index (κ3) is 4.87. The van der Waals surface area contributed by atoms with E-state index in [1.54, 1.807) is 6.92 Å². The lowest BCUT2D eigenvalue weighted by molar-refractivity contribution is -0.133. The normalized spacial score (nSPS) is 17.9. The summed E-state index contributed by atoms with van der Waals surface area (Å²) in [4.78, 5) is 24.4. The Morgan fingerprint density at radius 1 is 1.29 bits per heavy atom. The molecule has 24 heavy (non-hydrogen) atoms. The predicted molar refractivity (Wildman–Crippen MR) is 99.0 cm³/mol.